The van der Waals surface area contributed by atoms with Gasteiger partial charge >= 0.3 is 0 Å². The van der Waals surface area contributed by atoms with E-state index in [9.17, 15) is 14.4 Å². The van der Waals surface area contributed by atoms with Gasteiger partial charge < -0.3 is 9.80 Å². The van der Waals surface area contributed by atoms with Gasteiger partial charge in [-0.1, -0.05) is 6.92 Å². The Kier molecular flexibility index (Phi) is 4.93. The van der Waals surface area contributed by atoms with Gasteiger partial charge in [0.1, 0.15) is 5.78 Å². The molecular formula is C17H28N2O3. The number of Topliss-reactive ketones (excluding diaryl/α,β-unsaturated/α-hetero) is 1. The van der Waals surface area contributed by atoms with Crippen LogP contribution < -0.4 is 0 Å². The summed E-state index contributed by atoms with van der Waals surface area (Å²) in [5.41, 5.74) is -0.230. The zero-order valence-electron chi connectivity index (χ0n) is 14.2. The summed E-state index contributed by atoms with van der Waals surface area (Å²) in [5.74, 6) is 0.363. The molecule has 2 aliphatic rings. The third kappa shape index (κ3) is 3.50. The van der Waals surface area contributed by atoms with Crippen molar-refractivity contribution in [3.63, 3.8) is 0 Å². The molecule has 2 amide bonds. The van der Waals surface area contributed by atoms with E-state index in [1.165, 1.54) is 0 Å². The third-order valence-electron chi connectivity index (χ3n) is 4.89. The number of carbonyl (C=O) groups is 3. The molecule has 2 heterocycles. The summed E-state index contributed by atoms with van der Waals surface area (Å²) in [6.45, 7) is 9.71. The normalized spacial score (nSPS) is 24.0. The van der Waals surface area contributed by atoms with Crippen molar-refractivity contribution >= 4 is 17.6 Å². The van der Waals surface area contributed by atoms with E-state index in [-0.39, 0.29) is 29.2 Å². The molecule has 5 nitrogen and oxygen atoms in total. The van der Waals surface area contributed by atoms with Gasteiger partial charge in [-0.2, -0.15) is 0 Å². The molecule has 0 N–H and O–H groups in total. The molecule has 1 atom stereocenters. The predicted molar refractivity (Wildman–Crippen MR) is 84.2 cm³/mol. The fourth-order valence-corrected chi connectivity index (χ4v) is 3.49. The Morgan fingerprint density at radius 1 is 1.14 bits per heavy atom. The SMILES string of the molecule is CCC(=O)C1CCN(C(=O)C2CC(=O)N(C(C)(C)C)C2)CC1. The number of ketones is 1. The molecule has 0 aliphatic carbocycles. The summed E-state index contributed by atoms with van der Waals surface area (Å²) in [5, 5.41) is 0. The van der Waals surface area contributed by atoms with Crippen molar-refractivity contribution in [3.05, 3.63) is 0 Å². The molecule has 0 radical (unpaired) electrons. The number of likely N-dealkylation sites (tertiary alicyclic amines) is 2. The molecule has 1 unspecified atom stereocenters. The van der Waals surface area contributed by atoms with Crippen LogP contribution in [0.15, 0.2) is 0 Å². The zero-order valence-corrected chi connectivity index (χ0v) is 14.2. The molecule has 0 spiro atoms. The summed E-state index contributed by atoms with van der Waals surface area (Å²) in [7, 11) is 0. The highest BCUT2D eigenvalue weighted by Gasteiger charge is 2.41. The molecule has 0 aromatic rings. The van der Waals surface area contributed by atoms with E-state index in [2.05, 4.69) is 0 Å². The molecule has 2 rings (SSSR count). The van der Waals surface area contributed by atoms with Crippen LogP contribution in [-0.2, 0) is 14.4 Å². The molecule has 0 saturated carbocycles. The fourth-order valence-electron chi connectivity index (χ4n) is 3.49. The number of piperidine rings is 1. The van der Waals surface area contributed by atoms with E-state index in [1.807, 2.05) is 37.5 Å². The Labute approximate surface area is 133 Å². The highest BCUT2D eigenvalue weighted by molar-refractivity contribution is 5.90. The molecular weight excluding hydrogens is 280 g/mol. The maximum atomic E-state index is 12.6. The first-order valence-corrected chi connectivity index (χ1v) is 8.36. The van der Waals surface area contributed by atoms with Crippen LogP contribution in [0.3, 0.4) is 0 Å². The van der Waals surface area contributed by atoms with Gasteiger partial charge in [0.2, 0.25) is 11.8 Å². The van der Waals surface area contributed by atoms with Gasteiger partial charge in [0.05, 0.1) is 5.92 Å². The topological polar surface area (TPSA) is 57.7 Å². The Balaban J connectivity index is 1.91. The monoisotopic (exact) mass is 308 g/mol. The molecule has 2 saturated heterocycles. The van der Waals surface area contributed by atoms with Gasteiger partial charge in [-0.05, 0) is 33.6 Å². The van der Waals surface area contributed by atoms with Crippen LogP contribution in [0.2, 0.25) is 0 Å². The number of nitrogens with zero attached hydrogens (tertiary/aromatic N) is 2. The second kappa shape index (κ2) is 6.39. The first-order valence-electron chi connectivity index (χ1n) is 8.36. The van der Waals surface area contributed by atoms with E-state index in [0.29, 0.717) is 38.3 Å². The van der Waals surface area contributed by atoms with Gasteiger partial charge in [0.25, 0.3) is 0 Å². The highest BCUT2D eigenvalue weighted by atomic mass is 16.2. The molecule has 5 heteroatoms. The van der Waals surface area contributed by atoms with Gasteiger partial charge in [0.15, 0.2) is 0 Å². The molecule has 0 bridgehead atoms. The van der Waals surface area contributed by atoms with Crippen LogP contribution >= 0.6 is 0 Å². The number of rotatable bonds is 3. The maximum absolute atomic E-state index is 12.6. The first-order chi connectivity index (χ1) is 10.2. The van der Waals surface area contributed by atoms with Crippen molar-refractivity contribution in [1.82, 2.24) is 9.80 Å². The average molecular weight is 308 g/mol. The highest BCUT2D eigenvalue weighted by Crippen LogP contribution is 2.28. The smallest absolute Gasteiger partial charge is 0.227 e. The summed E-state index contributed by atoms with van der Waals surface area (Å²) in [4.78, 5) is 40.1. The van der Waals surface area contributed by atoms with Crippen molar-refractivity contribution in [2.75, 3.05) is 19.6 Å². The number of amides is 2. The Morgan fingerprint density at radius 3 is 2.18 bits per heavy atom. The lowest BCUT2D eigenvalue weighted by Gasteiger charge is -2.34. The quantitative estimate of drug-likeness (QED) is 0.799. The minimum Gasteiger partial charge on any atom is -0.342 e. The van der Waals surface area contributed by atoms with Crippen molar-refractivity contribution < 1.29 is 14.4 Å². The maximum Gasteiger partial charge on any atom is 0.227 e. The molecule has 0 aromatic carbocycles. The standard InChI is InChI=1S/C17H28N2O3/c1-5-14(20)12-6-8-18(9-7-12)16(22)13-10-15(21)19(11-13)17(2,3)4/h12-13H,5-11H2,1-4H3. The van der Waals surface area contributed by atoms with E-state index < -0.39 is 0 Å². The Morgan fingerprint density at radius 2 is 1.73 bits per heavy atom. The number of hydrogen-bond donors (Lipinski definition) is 0. The molecule has 2 fully saturated rings. The largest absolute Gasteiger partial charge is 0.342 e. The van der Waals surface area contributed by atoms with Gasteiger partial charge in [-0.25, -0.2) is 0 Å². The number of carbonyl (C=O) groups excluding carboxylic acids is 3. The van der Waals surface area contributed by atoms with Crippen LogP contribution in [0.4, 0.5) is 0 Å². The van der Waals surface area contributed by atoms with Crippen molar-refractivity contribution in [1.29, 1.82) is 0 Å². The van der Waals surface area contributed by atoms with Crippen LogP contribution in [0.1, 0.15) is 53.4 Å². The second-order valence-corrected chi connectivity index (χ2v) is 7.50. The number of hydrogen-bond acceptors (Lipinski definition) is 3. The molecule has 124 valence electrons. The summed E-state index contributed by atoms with van der Waals surface area (Å²) < 4.78 is 0. The lowest BCUT2D eigenvalue weighted by Crippen LogP contribution is -2.45. The fraction of sp³-hybridized carbons (Fsp3) is 0.824. The lowest BCUT2D eigenvalue weighted by atomic mass is 9.90. The van der Waals surface area contributed by atoms with Gasteiger partial charge in [0, 0.05) is 43.9 Å². The molecule has 0 aromatic heterocycles. The zero-order chi connectivity index (χ0) is 16.5. The van der Waals surface area contributed by atoms with Gasteiger partial charge in [-0.3, -0.25) is 14.4 Å². The first kappa shape index (κ1) is 17.0. The third-order valence-corrected chi connectivity index (χ3v) is 4.89. The molecule has 2 aliphatic heterocycles. The van der Waals surface area contributed by atoms with E-state index >= 15 is 0 Å². The van der Waals surface area contributed by atoms with Crippen molar-refractivity contribution in [2.24, 2.45) is 11.8 Å². The average Bonchev–Trinajstić information content (AvgIpc) is 2.88. The molecule has 22 heavy (non-hydrogen) atoms. The Bertz CT molecular complexity index is 459. The predicted octanol–water partition coefficient (Wildman–Crippen LogP) is 1.85. The Hall–Kier alpha value is -1.39. The van der Waals surface area contributed by atoms with Crippen LogP contribution in [0.25, 0.3) is 0 Å². The summed E-state index contributed by atoms with van der Waals surface area (Å²) >= 11 is 0. The summed E-state index contributed by atoms with van der Waals surface area (Å²) in [6.07, 6.45) is 2.43. The van der Waals surface area contributed by atoms with Crippen LogP contribution in [0, 0.1) is 11.8 Å². The second-order valence-electron chi connectivity index (χ2n) is 7.50. The van der Waals surface area contributed by atoms with E-state index in [4.69, 9.17) is 0 Å². The minimum atomic E-state index is -0.230. The summed E-state index contributed by atoms with van der Waals surface area (Å²) in [6, 6.07) is 0. The minimum absolute atomic E-state index is 0.0712. The van der Waals surface area contributed by atoms with Crippen LogP contribution in [-0.4, -0.2) is 52.6 Å². The van der Waals surface area contributed by atoms with E-state index in [0.717, 1.165) is 12.8 Å². The van der Waals surface area contributed by atoms with Gasteiger partial charge in [-0.15, -0.1) is 0 Å². The van der Waals surface area contributed by atoms with Crippen molar-refractivity contribution in [3.8, 4) is 0 Å². The van der Waals surface area contributed by atoms with Crippen molar-refractivity contribution in [2.45, 2.75) is 58.9 Å². The lowest BCUT2D eigenvalue weighted by molar-refractivity contribution is -0.138. The van der Waals surface area contributed by atoms with Crippen LogP contribution in [0.5, 0.6) is 0 Å². The van der Waals surface area contributed by atoms with E-state index in [1.54, 1.807) is 0 Å².